The zero-order chi connectivity index (χ0) is 17.9. The molecule has 0 aliphatic carbocycles. The lowest BCUT2D eigenvalue weighted by molar-refractivity contribution is 0.530. The van der Waals surface area contributed by atoms with E-state index in [-0.39, 0.29) is 0 Å². The van der Waals surface area contributed by atoms with Crippen LogP contribution in [0.2, 0.25) is 0 Å². The van der Waals surface area contributed by atoms with Gasteiger partial charge in [-0.3, -0.25) is 0 Å². The molecule has 2 aromatic heterocycles. The largest absolute Gasteiger partial charge is 0.465 e. The summed E-state index contributed by atoms with van der Waals surface area (Å²) in [6.45, 7) is 13.7. The van der Waals surface area contributed by atoms with Gasteiger partial charge in [0.1, 0.15) is 5.42 Å². The topological polar surface area (TPSA) is 41.3 Å². The fraction of sp³-hybridized carbons (Fsp3) is 0.286. The molecule has 2 heterocycles. The van der Waals surface area contributed by atoms with Crippen molar-refractivity contribution in [1.29, 1.82) is 0 Å². The predicted molar refractivity (Wildman–Crippen MR) is 106 cm³/mol. The number of nitrogens with zero attached hydrogens (tertiary/aromatic N) is 1. The van der Waals surface area contributed by atoms with Gasteiger partial charge in [-0.25, -0.2) is 0 Å². The summed E-state index contributed by atoms with van der Waals surface area (Å²) >= 11 is 0. The Morgan fingerprint density at radius 3 is 2.50 bits per heavy atom. The normalized spacial score (nSPS) is 10.2. The second kappa shape index (κ2) is 10.3. The van der Waals surface area contributed by atoms with Crippen molar-refractivity contribution in [3.8, 4) is 0 Å². The molecule has 3 rings (SSSR count). The monoisotopic (exact) mass is 324 g/mol. The Labute approximate surface area is 144 Å². The van der Waals surface area contributed by atoms with E-state index in [0.717, 1.165) is 18.1 Å². The standard InChI is InChI=1S/C9H9N.C9H12O.C3H7N/c1-7-2-3-8-4-5-10-9(8)6-7;1-4-5-9-6-10-8(3)7(9)2;1-3-4-2/h2-6,10H,1H3;6H,2-5H2,1H3;3H,1-2H3. The molecule has 0 atom stereocenters. The maximum Gasteiger partial charge on any atom is 0.126 e. The molecule has 128 valence electrons. The Bertz CT molecular complexity index is 851. The van der Waals surface area contributed by atoms with Gasteiger partial charge in [-0.2, -0.15) is 0 Å². The summed E-state index contributed by atoms with van der Waals surface area (Å²) < 4.78 is 5.07. The second-order valence-corrected chi connectivity index (χ2v) is 5.50. The summed E-state index contributed by atoms with van der Waals surface area (Å²) in [4.78, 5) is 6.77. The van der Waals surface area contributed by atoms with Gasteiger partial charge in [0.2, 0.25) is 0 Å². The first-order valence-electron chi connectivity index (χ1n) is 8.18. The number of hydrogen-bond donors (Lipinski definition) is 1. The molecule has 0 unspecified atom stereocenters. The number of aliphatic imine (C=N–C) groups is 1. The zero-order valence-corrected chi connectivity index (χ0v) is 15.2. The van der Waals surface area contributed by atoms with Gasteiger partial charge in [-0.1, -0.05) is 38.6 Å². The maximum absolute atomic E-state index is 5.07. The molecule has 0 aliphatic rings. The smallest absolute Gasteiger partial charge is 0.126 e. The van der Waals surface area contributed by atoms with Crippen molar-refractivity contribution in [2.24, 2.45) is 4.99 Å². The summed E-state index contributed by atoms with van der Waals surface area (Å²) in [5, 5.41) is 2.24. The number of benzene rings is 1. The molecular weight excluding hydrogens is 296 g/mol. The first-order valence-corrected chi connectivity index (χ1v) is 8.18. The van der Waals surface area contributed by atoms with Gasteiger partial charge in [0.15, 0.2) is 0 Å². The first kappa shape index (κ1) is 19.5. The van der Waals surface area contributed by atoms with Gasteiger partial charge in [-0.05, 0) is 55.1 Å². The molecule has 0 radical (unpaired) electrons. The Hall–Kier alpha value is -2.55. The Kier molecular flexibility index (Phi) is 8.34. The third-order valence-corrected chi connectivity index (χ3v) is 3.56. The van der Waals surface area contributed by atoms with Crippen molar-refractivity contribution in [2.75, 3.05) is 7.05 Å². The summed E-state index contributed by atoms with van der Waals surface area (Å²) in [5.74, 6) is 0. The minimum atomic E-state index is 0.698. The van der Waals surface area contributed by atoms with Crippen LogP contribution in [0.25, 0.3) is 24.1 Å². The second-order valence-electron chi connectivity index (χ2n) is 5.50. The number of aryl methyl sites for hydroxylation is 2. The van der Waals surface area contributed by atoms with Crippen LogP contribution in [-0.2, 0) is 6.42 Å². The highest BCUT2D eigenvalue weighted by Crippen LogP contribution is 2.12. The predicted octanol–water partition coefficient (Wildman–Crippen LogP) is 4.24. The fourth-order valence-electron chi connectivity index (χ4n) is 2.10. The molecule has 1 N–H and O–H groups in total. The number of H-pyrrole nitrogens is 1. The molecule has 24 heavy (non-hydrogen) atoms. The summed E-state index contributed by atoms with van der Waals surface area (Å²) in [7, 11) is 1.75. The first-order chi connectivity index (χ1) is 11.5. The van der Waals surface area contributed by atoms with Crippen LogP contribution >= 0.6 is 0 Å². The quantitative estimate of drug-likeness (QED) is 0.704. The Morgan fingerprint density at radius 1 is 1.25 bits per heavy atom. The average Bonchev–Trinajstić information content (AvgIpc) is 3.17. The van der Waals surface area contributed by atoms with E-state index in [9.17, 15) is 0 Å². The van der Waals surface area contributed by atoms with Gasteiger partial charge >= 0.3 is 0 Å². The molecule has 0 spiro atoms. The van der Waals surface area contributed by atoms with Crippen molar-refractivity contribution in [3.63, 3.8) is 0 Å². The van der Waals surface area contributed by atoms with Crippen LogP contribution in [0.3, 0.4) is 0 Å². The molecule has 1 aromatic carbocycles. The van der Waals surface area contributed by atoms with Gasteiger partial charge in [0.05, 0.1) is 6.26 Å². The molecule has 3 nitrogen and oxygen atoms in total. The number of fused-ring (bicyclic) bond motifs is 1. The van der Waals surface area contributed by atoms with Crippen molar-refractivity contribution in [1.82, 2.24) is 4.98 Å². The molecule has 3 heteroatoms. The average molecular weight is 324 g/mol. The molecule has 0 saturated carbocycles. The SMILES string of the molecule is C=c1occ(CCC)c1=C.CC=NC.Cc1ccc2cc[nH]c2c1. The molecule has 0 aliphatic heterocycles. The van der Waals surface area contributed by atoms with E-state index >= 15 is 0 Å². The number of rotatable bonds is 2. The van der Waals surface area contributed by atoms with E-state index in [0.29, 0.717) is 5.42 Å². The molecule has 0 amide bonds. The van der Waals surface area contributed by atoms with Crippen LogP contribution in [0.1, 0.15) is 31.4 Å². The highest BCUT2D eigenvalue weighted by Gasteiger charge is 1.95. The molecular formula is C21H28N2O. The van der Waals surface area contributed by atoms with Gasteiger partial charge in [0.25, 0.3) is 0 Å². The highest BCUT2D eigenvalue weighted by molar-refractivity contribution is 5.79. The number of aromatic amines is 1. The van der Waals surface area contributed by atoms with Gasteiger partial charge < -0.3 is 14.4 Å². The van der Waals surface area contributed by atoms with Crippen LogP contribution in [0.15, 0.2) is 46.1 Å². The summed E-state index contributed by atoms with van der Waals surface area (Å²) in [6.07, 6.45) is 7.62. The van der Waals surface area contributed by atoms with Crippen LogP contribution in [0, 0.1) is 6.92 Å². The minimum absolute atomic E-state index is 0.698. The Balaban J connectivity index is 0.000000198. The number of nitrogens with one attached hydrogen (secondary N) is 1. The Morgan fingerprint density at radius 2 is 1.96 bits per heavy atom. The zero-order valence-electron chi connectivity index (χ0n) is 15.2. The van der Waals surface area contributed by atoms with Crippen molar-refractivity contribution in [3.05, 3.63) is 58.5 Å². The summed E-state index contributed by atoms with van der Waals surface area (Å²) in [6, 6.07) is 8.47. The number of furan rings is 1. The molecule has 0 bridgehead atoms. The van der Waals surface area contributed by atoms with Gasteiger partial charge in [-0.15, -0.1) is 0 Å². The van der Waals surface area contributed by atoms with Gasteiger partial charge in [0, 0.05) is 24.0 Å². The molecule has 0 saturated heterocycles. The lowest BCUT2D eigenvalue weighted by Crippen LogP contribution is -2.18. The van der Waals surface area contributed by atoms with Crippen LogP contribution in [0.4, 0.5) is 0 Å². The molecule has 0 fully saturated rings. The van der Waals surface area contributed by atoms with Crippen LogP contribution < -0.4 is 10.6 Å². The minimum Gasteiger partial charge on any atom is -0.465 e. The van der Waals surface area contributed by atoms with Crippen LogP contribution in [-0.4, -0.2) is 18.2 Å². The van der Waals surface area contributed by atoms with Crippen molar-refractivity contribution < 1.29 is 4.42 Å². The summed E-state index contributed by atoms with van der Waals surface area (Å²) in [5.41, 5.74) is 4.41. The van der Waals surface area contributed by atoms with Crippen molar-refractivity contribution in [2.45, 2.75) is 33.6 Å². The number of aromatic nitrogens is 1. The lowest BCUT2D eigenvalue weighted by Gasteiger charge is -1.90. The third-order valence-electron chi connectivity index (χ3n) is 3.56. The fourth-order valence-corrected chi connectivity index (χ4v) is 2.10. The van der Waals surface area contributed by atoms with E-state index < -0.39 is 0 Å². The van der Waals surface area contributed by atoms with E-state index in [4.69, 9.17) is 4.42 Å². The van der Waals surface area contributed by atoms with E-state index in [2.05, 4.69) is 61.2 Å². The highest BCUT2D eigenvalue weighted by atomic mass is 16.3. The number of hydrogen-bond acceptors (Lipinski definition) is 2. The lowest BCUT2D eigenvalue weighted by atomic mass is 10.2. The third kappa shape index (κ3) is 5.92. The van der Waals surface area contributed by atoms with E-state index in [1.807, 2.05) is 13.1 Å². The maximum atomic E-state index is 5.07. The van der Waals surface area contributed by atoms with E-state index in [1.165, 1.54) is 22.0 Å². The molecule has 3 aromatic rings. The van der Waals surface area contributed by atoms with Crippen LogP contribution in [0.5, 0.6) is 0 Å². The van der Waals surface area contributed by atoms with E-state index in [1.54, 1.807) is 19.5 Å². The van der Waals surface area contributed by atoms with Crippen molar-refractivity contribution >= 4 is 30.3 Å².